The second kappa shape index (κ2) is 14.6. The first-order valence-corrected chi connectivity index (χ1v) is 12.4. The van der Waals surface area contributed by atoms with E-state index in [1.54, 1.807) is 26.0 Å². The van der Waals surface area contributed by atoms with E-state index in [0.717, 1.165) is 0 Å². The number of hydrogen-bond donors (Lipinski definition) is 7. The Morgan fingerprint density at radius 2 is 1.40 bits per heavy atom. The number of nitrogens with two attached hydrogens (primary N) is 1. The third kappa shape index (κ3) is 9.41. The molecule has 0 unspecified atom stereocenters. The molecule has 0 radical (unpaired) electrons. The minimum atomic E-state index is -1.17. The molecule has 0 saturated heterocycles. The van der Waals surface area contributed by atoms with E-state index in [-0.39, 0.29) is 29.8 Å². The van der Waals surface area contributed by atoms with Gasteiger partial charge in [-0.1, -0.05) is 52.7 Å². The van der Waals surface area contributed by atoms with Crippen LogP contribution in [-0.4, -0.2) is 63.8 Å². The van der Waals surface area contributed by atoms with Crippen LogP contribution in [0.2, 0.25) is 0 Å². The lowest BCUT2D eigenvalue weighted by atomic mass is 9.96. The predicted molar refractivity (Wildman–Crippen MR) is 136 cm³/mol. The highest BCUT2D eigenvalue weighted by atomic mass is 32.1. The van der Waals surface area contributed by atoms with Gasteiger partial charge in [0.15, 0.2) is 0 Å². The van der Waals surface area contributed by atoms with Gasteiger partial charge in [-0.05, 0) is 29.5 Å². The van der Waals surface area contributed by atoms with Gasteiger partial charge < -0.3 is 31.9 Å². The van der Waals surface area contributed by atoms with E-state index in [1.165, 1.54) is 12.1 Å². The van der Waals surface area contributed by atoms with Crippen molar-refractivity contribution in [1.82, 2.24) is 16.0 Å². The summed E-state index contributed by atoms with van der Waals surface area (Å²) in [4.78, 5) is 50.5. The number of benzene rings is 1. The summed E-state index contributed by atoms with van der Waals surface area (Å²) in [5.41, 5.74) is 6.37. The molecule has 7 N–H and O–H groups in total. The van der Waals surface area contributed by atoms with Crippen LogP contribution in [0.1, 0.15) is 46.1 Å². The Bertz CT molecular complexity index is 866. The number of aromatic hydroxyl groups is 1. The molecule has 1 aromatic rings. The van der Waals surface area contributed by atoms with Crippen LogP contribution in [0.15, 0.2) is 24.3 Å². The third-order valence-corrected chi connectivity index (χ3v) is 6.51. The average molecular weight is 511 g/mol. The lowest BCUT2D eigenvalue weighted by molar-refractivity contribution is -0.143. The Morgan fingerprint density at radius 3 is 1.89 bits per heavy atom. The number of amides is 3. The molecule has 196 valence electrons. The number of carboxylic acid groups (broad SMARTS) is 1. The number of phenolic OH excluding ortho intramolecular Hbond substituents is 1. The Balaban J connectivity index is 3.21. The molecule has 0 heterocycles. The molecule has 35 heavy (non-hydrogen) atoms. The fourth-order valence-electron chi connectivity index (χ4n) is 3.32. The molecule has 0 spiro atoms. The van der Waals surface area contributed by atoms with Crippen LogP contribution >= 0.6 is 12.6 Å². The van der Waals surface area contributed by atoms with Crippen LogP contribution in [0.3, 0.4) is 0 Å². The maximum absolute atomic E-state index is 13.2. The van der Waals surface area contributed by atoms with Crippen molar-refractivity contribution in [2.24, 2.45) is 17.6 Å². The molecule has 0 aliphatic heterocycles. The van der Waals surface area contributed by atoms with E-state index in [1.807, 2.05) is 13.8 Å². The number of aliphatic carboxylic acids is 1. The SMILES string of the molecule is CC[C@H](C)[C@H](NC(=O)[C@H](Cc1ccc(O)cc1)NC(=O)[C@@H](NC(=O)[C@@H](N)CS)[C@@H](C)CC)C(=O)O. The van der Waals surface area contributed by atoms with Crippen molar-refractivity contribution in [2.75, 3.05) is 5.75 Å². The second-order valence-corrected chi connectivity index (χ2v) is 9.17. The first-order valence-electron chi connectivity index (χ1n) is 11.7. The van der Waals surface area contributed by atoms with Gasteiger partial charge >= 0.3 is 5.97 Å². The summed E-state index contributed by atoms with van der Waals surface area (Å²) in [5.74, 6) is -3.43. The number of nitrogens with one attached hydrogen (secondary N) is 3. The fraction of sp³-hybridized carbons (Fsp3) is 0.583. The lowest BCUT2D eigenvalue weighted by Gasteiger charge is -2.28. The maximum Gasteiger partial charge on any atom is 0.326 e. The van der Waals surface area contributed by atoms with Gasteiger partial charge in [-0.15, -0.1) is 0 Å². The van der Waals surface area contributed by atoms with Crippen molar-refractivity contribution in [1.29, 1.82) is 0 Å². The molecule has 10 nitrogen and oxygen atoms in total. The molecule has 0 aliphatic rings. The predicted octanol–water partition coefficient (Wildman–Crippen LogP) is 0.823. The van der Waals surface area contributed by atoms with Crippen LogP contribution in [0.5, 0.6) is 5.75 Å². The zero-order valence-electron chi connectivity index (χ0n) is 20.7. The van der Waals surface area contributed by atoms with Gasteiger partial charge in [0.1, 0.15) is 23.9 Å². The Labute approximate surface area is 211 Å². The molecule has 0 bridgehead atoms. The molecule has 3 amide bonds. The quantitative estimate of drug-likeness (QED) is 0.182. The highest BCUT2D eigenvalue weighted by Crippen LogP contribution is 2.14. The van der Waals surface area contributed by atoms with E-state index in [9.17, 15) is 29.4 Å². The molecule has 6 atom stereocenters. The van der Waals surface area contributed by atoms with Gasteiger partial charge in [0.2, 0.25) is 17.7 Å². The zero-order valence-corrected chi connectivity index (χ0v) is 21.5. The summed E-state index contributed by atoms with van der Waals surface area (Å²) in [7, 11) is 0. The lowest BCUT2D eigenvalue weighted by Crippen LogP contribution is -2.59. The molecule has 0 saturated carbocycles. The van der Waals surface area contributed by atoms with Crippen LogP contribution < -0.4 is 21.7 Å². The van der Waals surface area contributed by atoms with Crippen LogP contribution in [0.25, 0.3) is 0 Å². The number of hydrogen-bond acceptors (Lipinski definition) is 7. The van der Waals surface area contributed by atoms with E-state index in [0.29, 0.717) is 18.4 Å². The molecular weight excluding hydrogens is 472 g/mol. The smallest absolute Gasteiger partial charge is 0.326 e. The number of carbonyl (C=O) groups excluding carboxylic acids is 3. The van der Waals surface area contributed by atoms with Crippen molar-refractivity contribution in [3.05, 3.63) is 29.8 Å². The zero-order chi connectivity index (χ0) is 26.7. The van der Waals surface area contributed by atoms with Crippen molar-refractivity contribution in [2.45, 2.75) is 71.1 Å². The number of phenols is 1. The summed E-state index contributed by atoms with van der Waals surface area (Å²) in [6.07, 6.45) is 1.14. The van der Waals surface area contributed by atoms with Gasteiger partial charge in [-0.3, -0.25) is 14.4 Å². The molecular formula is C24H38N4O6S. The van der Waals surface area contributed by atoms with Gasteiger partial charge in [-0.25, -0.2) is 4.79 Å². The fourth-order valence-corrected chi connectivity index (χ4v) is 3.49. The summed E-state index contributed by atoms with van der Waals surface area (Å²) >= 11 is 4.02. The average Bonchev–Trinajstić information content (AvgIpc) is 2.84. The van der Waals surface area contributed by atoms with E-state index < -0.39 is 47.9 Å². The monoisotopic (exact) mass is 510 g/mol. The molecule has 0 aromatic heterocycles. The summed E-state index contributed by atoms with van der Waals surface area (Å²) in [6.45, 7) is 7.18. The van der Waals surface area contributed by atoms with Crippen molar-refractivity contribution in [3.63, 3.8) is 0 Å². The standard InChI is InChI=1S/C24H38N4O6S/c1-5-13(3)19(27-21(30)17(25)12-35)23(32)26-18(11-15-7-9-16(29)10-8-15)22(31)28-20(24(33)34)14(4)6-2/h7-10,13-14,17-20,29,35H,5-6,11-12,25H2,1-4H3,(H,26,32)(H,27,30)(H,28,31)(H,33,34)/t13-,14-,17-,18-,19-,20-/m0/s1. The minimum Gasteiger partial charge on any atom is -0.508 e. The summed E-state index contributed by atoms with van der Waals surface area (Å²) in [5, 5.41) is 27.0. The topological polar surface area (TPSA) is 171 Å². The van der Waals surface area contributed by atoms with Crippen LogP contribution in [0, 0.1) is 11.8 Å². The van der Waals surface area contributed by atoms with Crippen molar-refractivity contribution >= 4 is 36.3 Å². The van der Waals surface area contributed by atoms with Crippen molar-refractivity contribution in [3.8, 4) is 5.75 Å². The first kappa shape index (κ1) is 30.2. The highest BCUT2D eigenvalue weighted by Gasteiger charge is 2.33. The number of rotatable bonds is 14. The molecule has 0 aliphatic carbocycles. The summed E-state index contributed by atoms with van der Waals surface area (Å²) < 4.78 is 0. The van der Waals surface area contributed by atoms with Gasteiger partial charge in [-0.2, -0.15) is 12.6 Å². The van der Waals surface area contributed by atoms with Crippen LogP contribution in [-0.2, 0) is 25.6 Å². The number of thiol groups is 1. The first-order chi connectivity index (χ1) is 16.4. The second-order valence-electron chi connectivity index (χ2n) is 8.80. The number of carboxylic acids is 1. The van der Waals surface area contributed by atoms with Gasteiger partial charge in [0, 0.05) is 12.2 Å². The largest absolute Gasteiger partial charge is 0.508 e. The third-order valence-electron chi connectivity index (χ3n) is 6.11. The van der Waals surface area contributed by atoms with Crippen molar-refractivity contribution < 1.29 is 29.4 Å². The van der Waals surface area contributed by atoms with Crippen LogP contribution in [0.4, 0.5) is 0 Å². The minimum absolute atomic E-state index is 0.0431. The van der Waals surface area contributed by atoms with Gasteiger partial charge in [0.05, 0.1) is 6.04 Å². The van der Waals surface area contributed by atoms with Gasteiger partial charge in [0.25, 0.3) is 0 Å². The normalized spacial score (nSPS) is 16.2. The highest BCUT2D eigenvalue weighted by molar-refractivity contribution is 7.80. The molecule has 0 fully saturated rings. The number of carbonyl (C=O) groups is 4. The van der Waals surface area contributed by atoms with E-state index >= 15 is 0 Å². The van der Waals surface area contributed by atoms with E-state index in [2.05, 4.69) is 28.6 Å². The maximum atomic E-state index is 13.2. The Kier molecular flexibility index (Phi) is 12.6. The Morgan fingerprint density at radius 1 is 0.886 bits per heavy atom. The molecule has 1 aromatic carbocycles. The molecule has 1 rings (SSSR count). The summed E-state index contributed by atoms with van der Waals surface area (Å²) in [6, 6.07) is 1.98. The van der Waals surface area contributed by atoms with E-state index in [4.69, 9.17) is 5.73 Å². The molecule has 11 heteroatoms. The Hall–Kier alpha value is -2.79.